The lowest BCUT2D eigenvalue weighted by Gasteiger charge is -2.43. The molecule has 6 aromatic rings. The van der Waals surface area contributed by atoms with Crippen LogP contribution in [0.1, 0.15) is 92.3 Å². The van der Waals surface area contributed by atoms with Gasteiger partial charge in [-0.05, 0) is 118 Å². The first-order valence-corrected chi connectivity index (χ1v) is 23.6. The molecule has 2 amide bonds. The summed E-state index contributed by atoms with van der Waals surface area (Å²) in [6.07, 6.45) is 7.12. The van der Waals surface area contributed by atoms with Gasteiger partial charge in [0.25, 0.3) is 11.6 Å². The number of carbonyl (C=O) groups excluding carboxylic acids is 2. The van der Waals surface area contributed by atoms with Crippen LogP contribution in [0.4, 0.5) is 26.1 Å². The number of allylic oxidation sites excluding steroid dienone is 1. The lowest BCUT2D eigenvalue weighted by Crippen LogP contribution is -2.48. The number of amides is 2. The highest BCUT2D eigenvalue weighted by Crippen LogP contribution is 2.40. The summed E-state index contributed by atoms with van der Waals surface area (Å²) in [7, 11) is 0. The number of benzene rings is 2. The molecule has 348 valence electrons. The van der Waals surface area contributed by atoms with Crippen LogP contribution >= 0.6 is 0 Å². The van der Waals surface area contributed by atoms with Crippen molar-refractivity contribution in [3.05, 3.63) is 105 Å². The Balaban J connectivity index is 0.693. The summed E-state index contributed by atoms with van der Waals surface area (Å²) in [5.41, 5.74) is 5.70. The Morgan fingerprint density at radius 2 is 1.72 bits per heavy atom. The predicted molar refractivity (Wildman–Crippen MR) is 246 cm³/mol. The third-order valence-corrected chi connectivity index (χ3v) is 15.0. The largest absolute Gasteiger partial charge is 0.384 e. The van der Waals surface area contributed by atoms with Crippen LogP contribution in [-0.4, -0.2) is 95.0 Å². The highest BCUT2D eigenvalue weighted by Gasteiger charge is 2.38. The van der Waals surface area contributed by atoms with E-state index in [1.165, 1.54) is 29.3 Å². The number of aryl methyl sites for hydroxylation is 1. The molecule has 67 heavy (non-hydrogen) atoms. The van der Waals surface area contributed by atoms with Crippen molar-refractivity contribution in [2.45, 2.75) is 102 Å². The van der Waals surface area contributed by atoms with Crippen LogP contribution in [-0.2, 0) is 41.2 Å². The number of hydrogen-bond donors (Lipinski definition) is 3. The molecule has 2 atom stereocenters. The van der Waals surface area contributed by atoms with E-state index in [1.54, 1.807) is 6.07 Å². The summed E-state index contributed by atoms with van der Waals surface area (Å²) < 4.78 is 35.1. The van der Waals surface area contributed by atoms with Crippen molar-refractivity contribution in [1.82, 2.24) is 44.6 Å². The number of pyridine rings is 1. The SMILES string of the molecule is CC[C@@]1(O)CCc2ccc(-n3c4nc(Nc5ccc(N6CCC(N7CCC(CN8Cc9ccc%10c(C%11CCC(=O)NC%11=O)noc%10c9C8)CC7)CC6)cc5)ncc4c(=O)n3CC=C(F)F)nc21. The van der Waals surface area contributed by atoms with E-state index in [4.69, 9.17) is 14.5 Å². The monoisotopic (exact) mass is 913 g/mol. The normalized spacial score (nSPS) is 21.9. The van der Waals surface area contributed by atoms with E-state index in [0.717, 1.165) is 96.8 Å². The molecule has 4 aliphatic heterocycles. The maximum Gasteiger partial charge on any atom is 0.278 e. The minimum absolute atomic E-state index is 0.156. The molecule has 16 nitrogen and oxygen atoms in total. The third-order valence-electron chi connectivity index (χ3n) is 15.0. The van der Waals surface area contributed by atoms with Crippen LogP contribution in [0.2, 0.25) is 0 Å². The number of halogens is 2. The topological polar surface area (TPSA) is 180 Å². The Hall–Kier alpha value is -6.37. The van der Waals surface area contributed by atoms with Crippen molar-refractivity contribution < 1.29 is 28.0 Å². The van der Waals surface area contributed by atoms with Crippen LogP contribution in [0.5, 0.6) is 0 Å². The minimum atomic E-state index is -1.91. The summed E-state index contributed by atoms with van der Waals surface area (Å²) >= 11 is 0. The fraction of sp³-hybridized carbons (Fsp3) is 0.449. The van der Waals surface area contributed by atoms with Gasteiger partial charge in [-0.3, -0.25) is 24.6 Å². The summed E-state index contributed by atoms with van der Waals surface area (Å²) in [6.45, 7) is 8.35. The second kappa shape index (κ2) is 17.4. The first-order chi connectivity index (χ1) is 32.5. The van der Waals surface area contributed by atoms with E-state index < -0.39 is 29.7 Å². The fourth-order valence-electron chi connectivity index (χ4n) is 11.2. The van der Waals surface area contributed by atoms with Gasteiger partial charge < -0.3 is 24.7 Å². The zero-order valence-electron chi connectivity index (χ0n) is 37.4. The molecular formula is C49H53F2N11O5. The number of nitrogens with zero attached hydrogens (tertiary/aromatic N) is 9. The number of rotatable bonds is 11. The molecule has 0 bridgehead atoms. The molecular weight excluding hydrogens is 861 g/mol. The Morgan fingerprint density at radius 3 is 2.48 bits per heavy atom. The lowest BCUT2D eigenvalue weighted by atomic mass is 9.92. The molecule has 1 aliphatic carbocycles. The molecule has 3 fully saturated rings. The maximum atomic E-state index is 13.6. The molecule has 11 rings (SSSR count). The summed E-state index contributed by atoms with van der Waals surface area (Å²) in [6, 6.07) is 16.4. The second-order valence-electron chi connectivity index (χ2n) is 18.9. The average molecular weight is 914 g/mol. The number of hydrogen-bond acceptors (Lipinski definition) is 13. The Labute approximate surface area is 384 Å². The molecule has 18 heteroatoms. The number of aliphatic hydroxyl groups is 1. The molecule has 3 saturated heterocycles. The minimum Gasteiger partial charge on any atom is -0.384 e. The zero-order chi connectivity index (χ0) is 46.0. The number of likely N-dealkylation sites (tertiary alicyclic amines) is 1. The van der Waals surface area contributed by atoms with Gasteiger partial charge in [0, 0.05) is 79.8 Å². The zero-order valence-corrected chi connectivity index (χ0v) is 37.4. The highest BCUT2D eigenvalue weighted by molar-refractivity contribution is 6.02. The van der Waals surface area contributed by atoms with Crippen LogP contribution in [0, 0.1) is 5.92 Å². The van der Waals surface area contributed by atoms with Crippen molar-refractivity contribution in [1.29, 1.82) is 0 Å². The molecule has 8 heterocycles. The van der Waals surface area contributed by atoms with Crippen LogP contribution in [0.25, 0.3) is 27.8 Å². The van der Waals surface area contributed by atoms with Gasteiger partial charge in [0.05, 0.1) is 18.2 Å². The third kappa shape index (κ3) is 8.07. The van der Waals surface area contributed by atoms with Crippen molar-refractivity contribution in [2.24, 2.45) is 5.92 Å². The Bertz CT molecular complexity index is 2980. The standard InChI is InChI=1S/C49H53F2N11O5/c1-2-49(66)19-13-30-4-11-40(54-44(30)49)62-45-37(47(65)61(62)24-18-39(50)51)25-52-48(56-45)53-32-5-7-33(8-6-32)60-22-16-34(17-23-60)59-20-14-29(15-21-59)26-58-27-31-3-9-35-42(57-67-43(35)38(31)28-58)36-10-12-41(63)55-46(36)64/h3-9,11,18,25,29,34,36,66H,2,10,12-17,19-24,26-28H2,1H3,(H,52,53,56)(H,55,63,64)/t36?,49-/m1/s1. The van der Waals surface area contributed by atoms with E-state index in [0.29, 0.717) is 67.3 Å². The number of nitrogens with one attached hydrogen (secondary N) is 2. The molecule has 4 aromatic heterocycles. The van der Waals surface area contributed by atoms with Gasteiger partial charge >= 0.3 is 0 Å². The van der Waals surface area contributed by atoms with Gasteiger partial charge in [0.2, 0.25) is 17.8 Å². The molecule has 2 aromatic carbocycles. The van der Waals surface area contributed by atoms with E-state index in [9.17, 15) is 28.3 Å². The number of fused-ring (bicyclic) bond motifs is 5. The second-order valence-corrected chi connectivity index (χ2v) is 18.9. The molecule has 0 radical (unpaired) electrons. The number of anilines is 3. The lowest BCUT2D eigenvalue weighted by molar-refractivity contribution is -0.134. The first-order valence-electron chi connectivity index (χ1n) is 23.6. The number of piperidine rings is 3. The number of carbonyl (C=O) groups is 2. The van der Waals surface area contributed by atoms with E-state index in [1.807, 2.05) is 31.2 Å². The quantitative estimate of drug-likeness (QED) is 0.122. The van der Waals surface area contributed by atoms with Gasteiger partial charge in [-0.15, -0.1) is 0 Å². The van der Waals surface area contributed by atoms with Crippen molar-refractivity contribution in [3.8, 4) is 5.82 Å². The summed E-state index contributed by atoms with van der Waals surface area (Å²) in [5, 5.41) is 22.3. The molecule has 5 aliphatic rings. The van der Waals surface area contributed by atoms with Crippen LogP contribution < -0.4 is 21.1 Å². The molecule has 0 saturated carbocycles. The van der Waals surface area contributed by atoms with E-state index in [-0.39, 0.29) is 28.8 Å². The van der Waals surface area contributed by atoms with Gasteiger partial charge in [-0.2, -0.15) is 13.8 Å². The van der Waals surface area contributed by atoms with E-state index in [2.05, 4.69) is 53.7 Å². The van der Waals surface area contributed by atoms with Crippen molar-refractivity contribution >= 4 is 51.1 Å². The van der Waals surface area contributed by atoms with Crippen molar-refractivity contribution in [2.75, 3.05) is 42.9 Å². The first kappa shape index (κ1) is 43.2. The average Bonchev–Trinajstić information content (AvgIpc) is 4.11. The summed E-state index contributed by atoms with van der Waals surface area (Å²) in [4.78, 5) is 59.4. The Kier molecular flexibility index (Phi) is 11.2. The number of imide groups is 1. The van der Waals surface area contributed by atoms with Gasteiger partial charge in [-0.25, -0.2) is 19.3 Å². The van der Waals surface area contributed by atoms with Gasteiger partial charge in [-0.1, -0.05) is 24.2 Å². The molecule has 1 unspecified atom stereocenters. The predicted octanol–water partition coefficient (Wildman–Crippen LogP) is 6.40. The fourth-order valence-corrected chi connectivity index (χ4v) is 11.2. The van der Waals surface area contributed by atoms with Gasteiger partial charge in [0.15, 0.2) is 17.0 Å². The maximum absolute atomic E-state index is 13.6. The summed E-state index contributed by atoms with van der Waals surface area (Å²) in [5.74, 6) is 0.140. The smallest absolute Gasteiger partial charge is 0.278 e. The molecule has 3 N–H and O–H groups in total. The highest BCUT2D eigenvalue weighted by atomic mass is 19.3. The Morgan fingerprint density at radius 1 is 0.925 bits per heavy atom. The van der Waals surface area contributed by atoms with Crippen molar-refractivity contribution in [3.63, 3.8) is 0 Å². The van der Waals surface area contributed by atoms with Crippen LogP contribution in [0.15, 0.2) is 76.2 Å². The van der Waals surface area contributed by atoms with E-state index >= 15 is 0 Å². The molecule has 0 spiro atoms. The van der Waals surface area contributed by atoms with Crippen LogP contribution in [0.3, 0.4) is 0 Å². The van der Waals surface area contributed by atoms with Gasteiger partial charge in [0.1, 0.15) is 16.7 Å². The number of aromatic nitrogens is 6.